The molecule has 192 valence electrons. The second-order valence-corrected chi connectivity index (χ2v) is 12.3. The second-order valence-electron chi connectivity index (χ2n) is 8.27. The summed E-state index contributed by atoms with van der Waals surface area (Å²) in [7, 11) is -4.59. The SMILES string of the molecule is COC(=O)C(CN(C)S(=O)(=O)c1ccc(OCc2ccccc2)cc1)N1CCN(S(C)(=O)=O)CC1. The van der Waals surface area contributed by atoms with Gasteiger partial charge in [0, 0.05) is 39.8 Å². The molecule has 35 heavy (non-hydrogen) atoms. The summed E-state index contributed by atoms with van der Waals surface area (Å²) in [4.78, 5) is 14.3. The summed E-state index contributed by atoms with van der Waals surface area (Å²) in [5, 5.41) is 0. The van der Waals surface area contributed by atoms with Gasteiger partial charge in [-0.3, -0.25) is 9.69 Å². The van der Waals surface area contributed by atoms with Crippen molar-refractivity contribution in [2.75, 3.05) is 53.1 Å². The lowest BCUT2D eigenvalue weighted by Gasteiger charge is -2.38. The Bertz CT molecular complexity index is 1200. The van der Waals surface area contributed by atoms with E-state index in [9.17, 15) is 21.6 Å². The summed E-state index contributed by atoms with van der Waals surface area (Å²) in [5.74, 6) is -0.0452. The normalized spacial score (nSPS) is 16.7. The molecule has 1 saturated heterocycles. The van der Waals surface area contributed by atoms with E-state index >= 15 is 0 Å². The number of hydrogen-bond acceptors (Lipinski definition) is 8. The topological polar surface area (TPSA) is 114 Å². The number of benzene rings is 2. The predicted molar refractivity (Wildman–Crippen MR) is 131 cm³/mol. The summed E-state index contributed by atoms with van der Waals surface area (Å²) in [6.07, 6.45) is 1.14. The van der Waals surface area contributed by atoms with Crippen molar-refractivity contribution in [1.82, 2.24) is 13.5 Å². The van der Waals surface area contributed by atoms with Crippen molar-refractivity contribution in [3.63, 3.8) is 0 Å². The van der Waals surface area contributed by atoms with Crippen molar-refractivity contribution in [3.05, 3.63) is 60.2 Å². The molecule has 1 aliphatic heterocycles. The maximum absolute atomic E-state index is 13.2. The van der Waals surface area contributed by atoms with Crippen LogP contribution in [-0.2, 0) is 36.2 Å². The predicted octanol–water partition coefficient (Wildman–Crippen LogP) is 1.00. The maximum Gasteiger partial charge on any atom is 0.324 e. The number of methoxy groups -OCH3 is 1. The minimum absolute atomic E-state index is 0.0672. The third kappa shape index (κ3) is 7.01. The average Bonchev–Trinajstić information content (AvgIpc) is 2.85. The van der Waals surface area contributed by atoms with E-state index in [4.69, 9.17) is 9.47 Å². The molecule has 2 aromatic carbocycles. The first-order valence-electron chi connectivity index (χ1n) is 11.0. The average molecular weight is 526 g/mol. The van der Waals surface area contributed by atoms with Gasteiger partial charge in [0.15, 0.2) is 0 Å². The van der Waals surface area contributed by atoms with Crippen molar-refractivity contribution in [2.45, 2.75) is 17.5 Å². The van der Waals surface area contributed by atoms with Gasteiger partial charge in [0.25, 0.3) is 0 Å². The van der Waals surface area contributed by atoms with Crippen LogP contribution in [0.25, 0.3) is 0 Å². The molecule has 1 fully saturated rings. The van der Waals surface area contributed by atoms with Crippen molar-refractivity contribution in [3.8, 4) is 5.75 Å². The number of nitrogens with zero attached hydrogens (tertiary/aromatic N) is 3. The molecular formula is C23H31N3O7S2. The second kappa shape index (κ2) is 11.5. The van der Waals surface area contributed by atoms with E-state index in [1.165, 1.54) is 30.6 Å². The fourth-order valence-electron chi connectivity index (χ4n) is 3.79. The van der Waals surface area contributed by atoms with Crippen molar-refractivity contribution < 1.29 is 31.1 Å². The smallest absolute Gasteiger partial charge is 0.324 e. The lowest BCUT2D eigenvalue weighted by atomic mass is 10.2. The van der Waals surface area contributed by atoms with Gasteiger partial charge in [0.2, 0.25) is 20.0 Å². The number of hydrogen-bond donors (Lipinski definition) is 0. The lowest BCUT2D eigenvalue weighted by molar-refractivity contribution is -0.147. The van der Waals surface area contributed by atoms with E-state index in [-0.39, 0.29) is 37.6 Å². The van der Waals surface area contributed by atoms with E-state index in [1.807, 2.05) is 30.3 Å². The Morgan fingerprint density at radius 3 is 2.11 bits per heavy atom. The van der Waals surface area contributed by atoms with Gasteiger partial charge in [-0.05, 0) is 29.8 Å². The van der Waals surface area contributed by atoms with Crippen LogP contribution in [0.15, 0.2) is 59.5 Å². The zero-order valence-corrected chi connectivity index (χ0v) is 21.7. The van der Waals surface area contributed by atoms with Crippen LogP contribution in [0.3, 0.4) is 0 Å². The number of likely N-dealkylation sites (N-methyl/N-ethyl adjacent to an activating group) is 1. The van der Waals surface area contributed by atoms with Crippen LogP contribution >= 0.6 is 0 Å². The number of carbonyl (C=O) groups is 1. The minimum atomic E-state index is -3.90. The molecule has 1 heterocycles. The number of carbonyl (C=O) groups excluding carboxylic acids is 1. The maximum atomic E-state index is 13.2. The Morgan fingerprint density at radius 1 is 0.971 bits per heavy atom. The van der Waals surface area contributed by atoms with Gasteiger partial charge in [-0.2, -0.15) is 8.61 Å². The molecule has 1 unspecified atom stereocenters. The van der Waals surface area contributed by atoms with Crippen molar-refractivity contribution in [1.29, 1.82) is 0 Å². The number of ether oxygens (including phenoxy) is 2. The molecule has 0 spiro atoms. The Balaban J connectivity index is 1.66. The summed E-state index contributed by atoms with van der Waals surface area (Å²) in [5.41, 5.74) is 0.996. The fraction of sp³-hybridized carbons (Fsp3) is 0.435. The number of esters is 1. The monoisotopic (exact) mass is 525 g/mol. The molecule has 0 aromatic heterocycles. The zero-order valence-electron chi connectivity index (χ0n) is 20.0. The first-order valence-corrected chi connectivity index (χ1v) is 14.3. The molecule has 0 N–H and O–H groups in total. The largest absolute Gasteiger partial charge is 0.489 e. The van der Waals surface area contributed by atoms with E-state index in [1.54, 1.807) is 17.0 Å². The number of rotatable bonds is 10. The van der Waals surface area contributed by atoms with Crippen molar-refractivity contribution >= 4 is 26.0 Å². The van der Waals surface area contributed by atoms with Gasteiger partial charge in [-0.25, -0.2) is 16.8 Å². The molecule has 2 aromatic rings. The Kier molecular flexibility index (Phi) is 8.89. The summed E-state index contributed by atoms with van der Waals surface area (Å²) in [6, 6.07) is 14.9. The van der Waals surface area contributed by atoms with Crippen LogP contribution in [0.5, 0.6) is 5.75 Å². The van der Waals surface area contributed by atoms with Crippen LogP contribution in [0, 0.1) is 0 Å². The molecule has 3 rings (SSSR count). The molecule has 0 aliphatic carbocycles. The van der Waals surface area contributed by atoms with Gasteiger partial charge in [0.1, 0.15) is 18.4 Å². The van der Waals surface area contributed by atoms with E-state index in [2.05, 4.69) is 0 Å². The highest BCUT2D eigenvalue weighted by Gasteiger charge is 2.35. The Labute approximate surface area is 207 Å². The molecular weight excluding hydrogens is 494 g/mol. The number of piperazine rings is 1. The van der Waals surface area contributed by atoms with Crippen LogP contribution in [0.1, 0.15) is 5.56 Å². The molecule has 1 aliphatic rings. The highest BCUT2D eigenvalue weighted by atomic mass is 32.2. The fourth-order valence-corrected chi connectivity index (χ4v) is 5.80. The lowest BCUT2D eigenvalue weighted by Crippen LogP contribution is -2.57. The minimum Gasteiger partial charge on any atom is -0.489 e. The standard InChI is InChI=1S/C23H31N3O7S2/c1-24(17-22(23(27)32-2)25-13-15-26(16-14-25)34(3,28)29)35(30,31)21-11-9-20(10-12-21)33-18-19-7-5-4-6-8-19/h4-12,22H,13-18H2,1-3H3. The quantitative estimate of drug-likeness (QED) is 0.422. The summed E-state index contributed by atoms with van der Waals surface area (Å²) in [6.45, 7) is 1.23. The third-order valence-electron chi connectivity index (χ3n) is 5.87. The highest BCUT2D eigenvalue weighted by molar-refractivity contribution is 7.89. The first kappa shape index (κ1) is 27.1. The highest BCUT2D eigenvalue weighted by Crippen LogP contribution is 2.21. The van der Waals surface area contributed by atoms with Gasteiger partial charge >= 0.3 is 5.97 Å². The van der Waals surface area contributed by atoms with E-state index < -0.39 is 32.1 Å². The van der Waals surface area contributed by atoms with Gasteiger partial charge in [-0.15, -0.1) is 0 Å². The molecule has 0 radical (unpaired) electrons. The molecule has 0 bridgehead atoms. The molecule has 10 nitrogen and oxygen atoms in total. The molecule has 1 atom stereocenters. The van der Waals surface area contributed by atoms with Crippen LogP contribution in [0.4, 0.5) is 0 Å². The Hall–Kier alpha value is -2.51. The summed E-state index contributed by atoms with van der Waals surface area (Å²) >= 11 is 0. The van der Waals surface area contributed by atoms with Crippen LogP contribution in [-0.4, -0.2) is 95.5 Å². The zero-order chi connectivity index (χ0) is 25.6. The van der Waals surface area contributed by atoms with Gasteiger partial charge in [0.05, 0.1) is 18.3 Å². The number of sulfonamides is 2. The summed E-state index contributed by atoms with van der Waals surface area (Å²) < 4.78 is 62.9. The molecule has 0 amide bonds. The third-order valence-corrected chi connectivity index (χ3v) is 9.01. The van der Waals surface area contributed by atoms with Crippen LogP contribution in [0.2, 0.25) is 0 Å². The first-order chi connectivity index (χ1) is 16.5. The molecule has 12 heteroatoms. The van der Waals surface area contributed by atoms with E-state index in [0.717, 1.165) is 16.1 Å². The van der Waals surface area contributed by atoms with Gasteiger partial charge < -0.3 is 9.47 Å². The van der Waals surface area contributed by atoms with Gasteiger partial charge in [-0.1, -0.05) is 30.3 Å². The van der Waals surface area contributed by atoms with Crippen molar-refractivity contribution in [2.24, 2.45) is 0 Å². The molecule has 0 saturated carbocycles. The Morgan fingerprint density at radius 2 is 1.57 bits per heavy atom. The van der Waals surface area contributed by atoms with E-state index in [0.29, 0.717) is 12.4 Å². The van der Waals surface area contributed by atoms with Crippen LogP contribution < -0.4 is 4.74 Å².